The first kappa shape index (κ1) is 10.6. The van der Waals surface area contributed by atoms with Crippen molar-refractivity contribution in [2.75, 3.05) is 7.11 Å². The normalized spacial score (nSPS) is 10.1. The highest BCUT2D eigenvalue weighted by Gasteiger charge is 2.05. The molecule has 0 saturated heterocycles. The highest BCUT2D eigenvalue weighted by molar-refractivity contribution is 5.71. The molecule has 0 radical (unpaired) electrons. The average Bonchev–Trinajstić information content (AvgIpc) is 2.30. The Morgan fingerprint density at radius 2 is 1.69 bits per heavy atom. The summed E-state index contributed by atoms with van der Waals surface area (Å²) in [6, 6.07) is 13.2. The molecule has 16 heavy (non-hydrogen) atoms. The van der Waals surface area contributed by atoms with Gasteiger partial charge in [-0.2, -0.15) is 0 Å². The number of phenols is 1. The standard InChI is InChI=1S/C14H14O2/c1-10-3-8-14(16-2)13(9-10)11-4-6-12(15)7-5-11/h3-9,15H,1-2H3. The van der Waals surface area contributed by atoms with Gasteiger partial charge in [0, 0.05) is 5.56 Å². The van der Waals surface area contributed by atoms with Crippen LogP contribution in [0.15, 0.2) is 42.5 Å². The topological polar surface area (TPSA) is 29.5 Å². The summed E-state index contributed by atoms with van der Waals surface area (Å²) in [6.45, 7) is 2.04. The summed E-state index contributed by atoms with van der Waals surface area (Å²) in [5.74, 6) is 1.12. The van der Waals surface area contributed by atoms with Crippen LogP contribution in [-0.4, -0.2) is 12.2 Å². The fourth-order valence-corrected chi connectivity index (χ4v) is 1.69. The molecule has 0 bridgehead atoms. The van der Waals surface area contributed by atoms with Crippen molar-refractivity contribution in [1.82, 2.24) is 0 Å². The second-order valence-electron chi connectivity index (χ2n) is 3.75. The van der Waals surface area contributed by atoms with E-state index < -0.39 is 0 Å². The van der Waals surface area contributed by atoms with Gasteiger partial charge in [0.15, 0.2) is 0 Å². The van der Waals surface area contributed by atoms with Gasteiger partial charge in [0.25, 0.3) is 0 Å². The lowest BCUT2D eigenvalue weighted by molar-refractivity contribution is 0.416. The summed E-state index contributed by atoms with van der Waals surface area (Å²) in [7, 11) is 1.66. The lowest BCUT2D eigenvalue weighted by atomic mass is 10.0. The smallest absolute Gasteiger partial charge is 0.126 e. The van der Waals surface area contributed by atoms with Gasteiger partial charge in [-0.25, -0.2) is 0 Å². The summed E-state index contributed by atoms with van der Waals surface area (Å²) in [4.78, 5) is 0. The largest absolute Gasteiger partial charge is 0.508 e. The van der Waals surface area contributed by atoms with E-state index in [2.05, 4.69) is 6.07 Å². The van der Waals surface area contributed by atoms with Crippen LogP contribution in [0.1, 0.15) is 5.56 Å². The Morgan fingerprint density at radius 3 is 2.31 bits per heavy atom. The van der Waals surface area contributed by atoms with Crippen molar-refractivity contribution >= 4 is 0 Å². The van der Waals surface area contributed by atoms with E-state index in [4.69, 9.17) is 4.74 Å². The summed E-state index contributed by atoms with van der Waals surface area (Å²) in [5.41, 5.74) is 3.27. The molecule has 0 fully saturated rings. The lowest BCUT2D eigenvalue weighted by Gasteiger charge is -2.09. The van der Waals surface area contributed by atoms with Crippen molar-refractivity contribution in [2.24, 2.45) is 0 Å². The molecule has 1 N–H and O–H groups in total. The Hall–Kier alpha value is -1.96. The van der Waals surface area contributed by atoms with Crippen LogP contribution in [0.25, 0.3) is 11.1 Å². The maximum atomic E-state index is 9.25. The first-order chi connectivity index (χ1) is 7.70. The molecule has 0 atom stereocenters. The number of phenolic OH excluding ortho intramolecular Hbond substituents is 1. The van der Waals surface area contributed by atoms with E-state index in [0.29, 0.717) is 0 Å². The molecular weight excluding hydrogens is 200 g/mol. The van der Waals surface area contributed by atoms with E-state index in [1.165, 1.54) is 5.56 Å². The minimum Gasteiger partial charge on any atom is -0.508 e. The monoisotopic (exact) mass is 214 g/mol. The Labute approximate surface area is 95.1 Å². The Balaban J connectivity index is 2.53. The van der Waals surface area contributed by atoms with Crippen molar-refractivity contribution in [3.8, 4) is 22.6 Å². The van der Waals surface area contributed by atoms with Crippen molar-refractivity contribution in [2.45, 2.75) is 6.92 Å². The second-order valence-corrected chi connectivity index (χ2v) is 3.75. The summed E-state index contributed by atoms with van der Waals surface area (Å²) >= 11 is 0. The van der Waals surface area contributed by atoms with Crippen LogP contribution < -0.4 is 4.74 Å². The van der Waals surface area contributed by atoms with Crippen molar-refractivity contribution in [3.05, 3.63) is 48.0 Å². The van der Waals surface area contributed by atoms with Crippen molar-refractivity contribution < 1.29 is 9.84 Å². The summed E-state index contributed by atoms with van der Waals surface area (Å²) in [6.07, 6.45) is 0. The van der Waals surface area contributed by atoms with E-state index in [0.717, 1.165) is 16.9 Å². The number of methoxy groups -OCH3 is 1. The fraction of sp³-hybridized carbons (Fsp3) is 0.143. The van der Waals surface area contributed by atoms with Crippen LogP contribution in [0, 0.1) is 6.92 Å². The predicted octanol–water partition coefficient (Wildman–Crippen LogP) is 3.38. The molecule has 0 unspecified atom stereocenters. The minimum absolute atomic E-state index is 0.273. The fourth-order valence-electron chi connectivity index (χ4n) is 1.69. The van der Waals surface area contributed by atoms with E-state index in [9.17, 15) is 5.11 Å². The first-order valence-electron chi connectivity index (χ1n) is 5.15. The van der Waals surface area contributed by atoms with Crippen LogP contribution in [0.5, 0.6) is 11.5 Å². The van der Waals surface area contributed by atoms with Crippen LogP contribution in [0.3, 0.4) is 0 Å². The van der Waals surface area contributed by atoms with Gasteiger partial charge in [-0.1, -0.05) is 23.8 Å². The number of aryl methyl sites for hydroxylation is 1. The molecular formula is C14H14O2. The molecule has 2 aromatic carbocycles. The Kier molecular flexibility index (Phi) is 2.82. The number of rotatable bonds is 2. The molecule has 0 amide bonds. The van der Waals surface area contributed by atoms with Gasteiger partial charge in [-0.15, -0.1) is 0 Å². The zero-order valence-electron chi connectivity index (χ0n) is 9.40. The SMILES string of the molecule is COc1ccc(C)cc1-c1ccc(O)cc1. The number of hydrogen-bond acceptors (Lipinski definition) is 2. The molecule has 2 heteroatoms. The lowest BCUT2D eigenvalue weighted by Crippen LogP contribution is -1.88. The number of hydrogen-bond donors (Lipinski definition) is 1. The molecule has 2 nitrogen and oxygen atoms in total. The van der Waals surface area contributed by atoms with Crippen LogP contribution in [0.2, 0.25) is 0 Å². The van der Waals surface area contributed by atoms with Gasteiger partial charge >= 0.3 is 0 Å². The van der Waals surface area contributed by atoms with Gasteiger partial charge in [-0.05, 0) is 36.8 Å². The number of benzene rings is 2. The number of aromatic hydroxyl groups is 1. The van der Waals surface area contributed by atoms with E-state index in [1.54, 1.807) is 19.2 Å². The van der Waals surface area contributed by atoms with Gasteiger partial charge < -0.3 is 9.84 Å². The molecule has 0 spiro atoms. The molecule has 82 valence electrons. The summed E-state index contributed by atoms with van der Waals surface area (Å²) in [5, 5.41) is 9.25. The van der Waals surface area contributed by atoms with Gasteiger partial charge in [0.2, 0.25) is 0 Å². The molecule has 2 rings (SSSR count). The summed E-state index contributed by atoms with van der Waals surface area (Å²) < 4.78 is 5.32. The third-order valence-corrected chi connectivity index (χ3v) is 2.53. The maximum absolute atomic E-state index is 9.25. The minimum atomic E-state index is 0.273. The zero-order valence-corrected chi connectivity index (χ0v) is 9.40. The highest BCUT2D eigenvalue weighted by Crippen LogP contribution is 2.31. The zero-order chi connectivity index (χ0) is 11.5. The van der Waals surface area contributed by atoms with E-state index >= 15 is 0 Å². The predicted molar refractivity (Wildman–Crippen MR) is 64.8 cm³/mol. The molecule has 0 aromatic heterocycles. The molecule has 2 aromatic rings. The van der Waals surface area contributed by atoms with Gasteiger partial charge in [0.05, 0.1) is 7.11 Å². The third kappa shape index (κ3) is 2.01. The quantitative estimate of drug-likeness (QED) is 0.830. The van der Waals surface area contributed by atoms with Gasteiger partial charge in [0.1, 0.15) is 11.5 Å². The average molecular weight is 214 g/mol. The van der Waals surface area contributed by atoms with Crippen molar-refractivity contribution in [1.29, 1.82) is 0 Å². The molecule has 0 aliphatic carbocycles. The Morgan fingerprint density at radius 1 is 1.00 bits per heavy atom. The Bertz CT molecular complexity index is 487. The highest BCUT2D eigenvalue weighted by atomic mass is 16.5. The van der Waals surface area contributed by atoms with Crippen LogP contribution >= 0.6 is 0 Å². The molecule has 0 aliphatic heterocycles. The van der Waals surface area contributed by atoms with E-state index in [-0.39, 0.29) is 5.75 Å². The number of ether oxygens (including phenoxy) is 1. The van der Waals surface area contributed by atoms with Crippen molar-refractivity contribution in [3.63, 3.8) is 0 Å². The van der Waals surface area contributed by atoms with E-state index in [1.807, 2.05) is 31.2 Å². The van der Waals surface area contributed by atoms with Gasteiger partial charge in [-0.3, -0.25) is 0 Å². The second kappa shape index (κ2) is 4.27. The molecule has 0 saturated carbocycles. The van der Waals surface area contributed by atoms with Crippen LogP contribution in [-0.2, 0) is 0 Å². The molecule has 0 heterocycles. The third-order valence-electron chi connectivity index (χ3n) is 2.53. The first-order valence-corrected chi connectivity index (χ1v) is 5.15. The molecule has 0 aliphatic rings. The van der Waals surface area contributed by atoms with Crippen LogP contribution in [0.4, 0.5) is 0 Å². The maximum Gasteiger partial charge on any atom is 0.126 e.